The van der Waals surface area contributed by atoms with Crippen LogP contribution in [-0.2, 0) is 0 Å². The topological polar surface area (TPSA) is 78.1 Å². The summed E-state index contributed by atoms with van der Waals surface area (Å²) >= 11 is 0. The second kappa shape index (κ2) is 4.17. The molecule has 0 amide bonds. The zero-order chi connectivity index (χ0) is 11.7. The largest absolute Gasteiger partial charge is 0.325 e. The maximum Gasteiger partial charge on any atom is 0.0404 e. The Morgan fingerprint density at radius 1 is 0.786 bits per heavy atom. The molecular formula is C11H27N3. The molecule has 0 saturated carbocycles. The minimum Gasteiger partial charge on any atom is -0.325 e. The van der Waals surface area contributed by atoms with E-state index in [1.165, 1.54) is 0 Å². The van der Waals surface area contributed by atoms with Gasteiger partial charge in [-0.25, -0.2) is 0 Å². The lowest BCUT2D eigenvalue weighted by Gasteiger charge is -2.46. The first kappa shape index (κ1) is 13.9. The van der Waals surface area contributed by atoms with Crippen LogP contribution in [0.25, 0.3) is 0 Å². The Kier molecular flexibility index (Phi) is 4.13. The standard InChI is InChI=1S/C11H27N3/c1-7(2)10(5,13)9(12)11(6,14)8(3)4/h7-9H,12-14H2,1-6H3. The van der Waals surface area contributed by atoms with Gasteiger partial charge in [-0.05, 0) is 25.7 Å². The van der Waals surface area contributed by atoms with Gasteiger partial charge in [0.15, 0.2) is 0 Å². The van der Waals surface area contributed by atoms with E-state index < -0.39 is 11.1 Å². The summed E-state index contributed by atoms with van der Waals surface area (Å²) in [7, 11) is 0. The SMILES string of the molecule is CC(C)C(C)(N)C(N)C(C)(N)C(C)C. The molecule has 86 valence electrons. The molecular weight excluding hydrogens is 174 g/mol. The van der Waals surface area contributed by atoms with Crippen LogP contribution in [0.2, 0.25) is 0 Å². The molecule has 0 fully saturated rings. The Hall–Kier alpha value is -0.120. The quantitative estimate of drug-likeness (QED) is 0.636. The summed E-state index contributed by atoms with van der Waals surface area (Å²) in [6.07, 6.45) is 0. The van der Waals surface area contributed by atoms with E-state index in [0.29, 0.717) is 11.8 Å². The fourth-order valence-electron chi connectivity index (χ4n) is 1.39. The summed E-state index contributed by atoms with van der Waals surface area (Å²) in [5.41, 5.74) is 17.8. The second-order valence-electron chi connectivity index (χ2n) is 5.52. The monoisotopic (exact) mass is 201 g/mol. The molecule has 6 N–H and O–H groups in total. The molecule has 0 rings (SSSR count). The van der Waals surface area contributed by atoms with Crippen LogP contribution >= 0.6 is 0 Å². The number of hydrogen-bond donors (Lipinski definition) is 3. The maximum atomic E-state index is 6.22. The lowest BCUT2D eigenvalue weighted by molar-refractivity contribution is 0.165. The van der Waals surface area contributed by atoms with Crippen LogP contribution in [-0.4, -0.2) is 17.1 Å². The zero-order valence-corrected chi connectivity index (χ0v) is 10.5. The molecule has 0 radical (unpaired) electrons. The van der Waals surface area contributed by atoms with Crippen LogP contribution in [0, 0.1) is 11.8 Å². The van der Waals surface area contributed by atoms with E-state index in [-0.39, 0.29) is 6.04 Å². The molecule has 3 heteroatoms. The molecule has 2 atom stereocenters. The minimum absolute atomic E-state index is 0.199. The van der Waals surface area contributed by atoms with Crippen molar-refractivity contribution in [3.05, 3.63) is 0 Å². The van der Waals surface area contributed by atoms with E-state index in [1.54, 1.807) is 0 Å². The molecule has 0 aromatic heterocycles. The molecule has 0 aliphatic carbocycles. The van der Waals surface area contributed by atoms with Crippen LogP contribution in [0.15, 0.2) is 0 Å². The average molecular weight is 201 g/mol. The van der Waals surface area contributed by atoms with E-state index in [0.717, 1.165) is 0 Å². The van der Waals surface area contributed by atoms with Crippen LogP contribution in [0.4, 0.5) is 0 Å². The molecule has 0 spiro atoms. The zero-order valence-electron chi connectivity index (χ0n) is 10.5. The predicted molar refractivity (Wildman–Crippen MR) is 62.8 cm³/mol. The minimum atomic E-state index is -0.423. The molecule has 2 unspecified atom stereocenters. The third-order valence-corrected chi connectivity index (χ3v) is 3.83. The summed E-state index contributed by atoms with van der Waals surface area (Å²) in [6, 6.07) is -0.199. The third-order valence-electron chi connectivity index (χ3n) is 3.83. The van der Waals surface area contributed by atoms with Gasteiger partial charge in [-0.2, -0.15) is 0 Å². The summed E-state index contributed by atoms with van der Waals surface area (Å²) in [5.74, 6) is 0.637. The summed E-state index contributed by atoms with van der Waals surface area (Å²) in [6.45, 7) is 12.3. The van der Waals surface area contributed by atoms with Gasteiger partial charge in [0, 0.05) is 17.1 Å². The molecule has 3 nitrogen and oxygen atoms in total. The third kappa shape index (κ3) is 2.47. The van der Waals surface area contributed by atoms with Gasteiger partial charge in [0.1, 0.15) is 0 Å². The van der Waals surface area contributed by atoms with Gasteiger partial charge in [-0.3, -0.25) is 0 Å². The van der Waals surface area contributed by atoms with E-state index in [9.17, 15) is 0 Å². The van der Waals surface area contributed by atoms with Gasteiger partial charge in [-0.15, -0.1) is 0 Å². The first-order valence-electron chi connectivity index (χ1n) is 5.37. The van der Waals surface area contributed by atoms with E-state index in [2.05, 4.69) is 27.7 Å². The first-order chi connectivity index (χ1) is 6.04. The van der Waals surface area contributed by atoms with Crippen LogP contribution < -0.4 is 17.2 Å². The first-order valence-corrected chi connectivity index (χ1v) is 5.37. The Morgan fingerprint density at radius 2 is 1.00 bits per heavy atom. The fourth-order valence-corrected chi connectivity index (χ4v) is 1.39. The Morgan fingerprint density at radius 3 is 1.14 bits per heavy atom. The van der Waals surface area contributed by atoms with E-state index >= 15 is 0 Å². The van der Waals surface area contributed by atoms with Gasteiger partial charge >= 0.3 is 0 Å². The van der Waals surface area contributed by atoms with Crippen molar-refractivity contribution in [3.8, 4) is 0 Å². The highest BCUT2D eigenvalue weighted by atomic mass is 14.9. The number of hydrogen-bond acceptors (Lipinski definition) is 3. The Balaban J connectivity index is 4.85. The summed E-state index contributed by atoms with van der Waals surface area (Å²) in [5, 5.41) is 0. The summed E-state index contributed by atoms with van der Waals surface area (Å²) < 4.78 is 0. The molecule has 0 saturated heterocycles. The normalized spacial score (nSPS) is 23.4. The average Bonchev–Trinajstić information content (AvgIpc) is 2.02. The second-order valence-corrected chi connectivity index (χ2v) is 5.52. The smallest absolute Gasteiger partial charge is 0.0404 e. The fraction of sp³-hybridized carbons (Fsp3) is 1.00. The molecule has 0 aliphatic heterocycles. The number of nitrogens with two attached hydrogens (primary N) is 3. The van der Waals surface area contributed by atoms with Crippen LogP contribution in [0.5, 0.6) is 0 Å². The molecule has 0 aromatic carbocycles. The van der Waals surface area contributed by atoms with Crippen molar-refractivity contribution in [2.75, 3.05) is 0 Å². The van der Waals surface area contributed by atoms with Crippen molar-refractivity contribution in [3.63, 3.8) is 0 Å². The van der Waals surface area contributed by atoms with Gasteiger partial charge < -0.3 is 17.2 Å². The highest BCUT2D eigenvalue weighted by Gasteiger charge is 2.42. The van der Waals surface area contributed by atoms with Crippen molar-refractivity contribution in [1.82, 2.24) is 0 Å². The lowest BCUT2D eigenvalue weighted by Crippen LogP contribution is -2.70. The highest BCUT2D eigenvalue weighted by molar-refractivity contribution is 5.06. The van der Waals surface area contributed by atoms with Crippen molar-refractivity contribution in [2.24, 2.45) is 29.0 Å². The molecule has 0 aliphatic rings. The van der Waals surface area contributed by atoms with Gasteiger partial charge in [0.2, 0.25) is 0 Å². The predicted octanol–water partition coefficient (Wildman–Crippen LogP) is 1.06. The molecule has 14 heavy (non-hydrogen) atoms. The van der Waals surface area contributed by atoms with Gasteiger partial charge in [0.25, 0.3) is 0 Å². The molecule has 0 aromatic rings. The van der Waals surface area contributed by atoms with Crippen molar-refractivity contribution in [1.29, 1.82) is 0 Å². The lowest BCUT2D eigenvalue weighted by atomic mass is 9.70. The van der Waals surface area contributed by atoms with E-state index in [1.807, 2.05) is 13.8 Å². The van der Waals surface area contributed by atoms with Crippen molar-refractivity contribution >= 4 is 0 Å². The van der Waals surface area contributed by atoms with Crippen LogP contribution in [0.3, 0.4) is 0 Å². The Labute approximate surface area is 88.4 Å². The van der Waals surface area contributed by atoms with Crippen molar-refractivity contribution < 1.29 is 0 Å². The molecule has 0 heterocycles. The van der Waals surface area contributed by atoms with Crippen molar-refractivity contribution in [2.45, 2.75) is 58.7 Å². The van der Waals surface area contributed by atoms with E-state index in [4.69, 9.17) is 17.2 Å². The van der Waals surface area contributed by atoms with Gasteiger partial charge in [-0.1, -0.05) is 27.7 Å². The number of rotatable bonds is 4. The van der Waals surface area contributed by atoms with Crippen LogP contribution in [0.1, 0.15) is 41.5 Å². The van der Waals surface area contributed by atoms with Gasteiger partial charge in [0.05, 0.1) is 0 Å². The molecule has 0 bridgehead atoms. The maximum absolute atomic E-state index is 6.22. The summed E-state index contributed by atoms with van der Waals surface area (Å²) in [4.78, 5) is 0. The highest BCUT2D eigenvalue weighted by Crippen LogP contribution is 2.27. The Bertz CT molecular complexity index is 163.